The second-order valence-corrected chi connectivity index (χ2v) is 8.58. The topological polar surface area (TPSA) is 99.4 Å². The van der Waals surface area contributed by atoms with Crippen molar-refractivity contribution in [3.8, 4) is 17.2 Å². The Morgan fingerprint density at radius 1 is 0.966 bits per heavy atom. The van der Waals surface area contributed by atoms with Crippen molar-refractivity contribution < 1.29 is 17.9 Å². The number of tetrazole rings is 1. The number of ether oxygens (including phenoxy) is 2. The summed E-state index contributed by atoms with van der Waals surface area (Å²) in [4.78, 5) is 0.274. The van der Waals surface area contributed by atoms with E-state index in [0.717, 1.165) is 11.4 Å². The number of hydrogen-bond donors (Lipinski definition) is 0. The summed E-state index contributed by atoms with van der Waals surface area (Å²) in [6.45, 7) is 0.837. The molecule has 0 saturated carbocycles. The lowest BCUT2D eigenvalue weighted by molar-refractivity contribution is 0.135. The van der Waals surface area contributed by atoms with Crippen molar-refractivity contribution in [2.24, 2.45) is 0 Å². The Kier molecular flexibility index (Phi) is 5.45. The predicted octanol–water partition coefficient (Wildman–Crippen LogP) is 1.90. The van der Waals surface area contributed by atoms with Crippen molar-refractivity contribution in [2.75, 3.05) is 20.2 Å². The molecule has 29 heavy (non-hydrogen) atoms. The van der Waals surface area contributed by atoms with Gasteiger partial charge >= 0.3 is 0 Å². The van der Waals surface area contributed by atoms with Crippen molar-refractivity contribution in [3.05, 3.63) is 54.9 Å². The molecule has 3 aromatic rings. The smallest absolute Gasteiger partial charge is 0.243 e. The van der Waals surface area contributed by atoms with Crippen LogP contribution in [0.1, 0.15) is 12.8 Å². The Morgan fingerprint density at radius 2 is 1.62 bits per heavy atom. The van der Waals surface area contributed by atoms with Crippen LogP contribution in [0, 0.1) is 0 Å². The standard InChI is InChI=1S/C19H21N5O4S/c1-27-16-6-8-19(9-7-16)29(25,26)23-12-10-18(11-13-23)28-17-4-2-15(3-5-17)24-14-20-21-22-24/h2-9,14,18H,10-13H2,1H3. The normalized spacial score (nSPS) is 15.9. The number of methoxy groups -OCH3 is 1. The minimum atomic E-state index is -3.51. The third-order valence-electron chi connectivity index (χ3n) is 4.85. The number of nitrogens with zero attached hydrogens (tertiary/aromatic N) is 5. The van der Waals surface area contributed by atoms with Crippen LogP contribution in [0.5, 0.6) is 11.5 Å². The molecule has 2 heterocycles. The summed E-state index contributed by atoms with van der Waals surface area (Å²) in [6, 6.07) is 13.9. The molecule has 0 aliphatic carbocycles. The highest BCUT2D eigenvalue weighted by Gasteiger charge is 2.30. The van der Waals surface area contributed by atoms with Crippen molar-refractivity contribution in [3.63, 3.8) is 0 Å². The van der Waals surface area contributed by atoms with Gasteiger partial charge in [0.2, 0.25) is 10.0 Å². The zero-order valence-corrected chi connectivity index (χ0v) is 16.7. The molecule has 1 saturated heterocycles. The Hall–Kier alpha value is -2.98. The van der Waals surface area contributed by atoms with Crippen molar-refractivity contribution in [1.82, 2.24) is 24.5 Å². The Bertz CT molecular complexity index is 1030. The number of sulfonamides is 1. The lowest BCUT2D eigenvalue weighted by Crippen LogP contribution is -2.41. The van der Waals surface area contributed by atoms with Gasteiger partial charge in [0, 0.05) is 13.1 Å². The number of hydrogen-bond acceptors (Lipinski definition) is 7. The largest absolute Gasteiger partial charge is 0.497 e. The lowest BCUT2D eigenvalue weighted by atomic mass is 10.1. The van der Waals surface area contributed by atoms with Crippen molar-refractivity contribution >= 4 is 10.0 Å². The Balaban J connectivity index is 1.35. The average molecular weight is 415 g/mol. The van der Waals surface area contributed by atoms with Crippen molar-refractivity contribution in [2.45, 2.75) is 23.8 Å². The highest BCUT2D eigenvalue weighted by molar-refractivity contribution is 7.89. The van der Waals surface area contributed by atoms with Gasteiger partial charge in [-0.15, -0.1) is 5.10 Å². The van der Waals surface area contributed by atoms with Crippen LogP contribution in [0.2, 0.25) is 0 Å². The van der Waals surface area contributed by atoms with Crippen LogP contribution < -0.4 is 9.47 Å². The van der Waals surface area contributed by atoms with Gasteiger partial charge < -0.3 is 9.47 Å². The third kappa shape index (κ3) is 4.22. The highest BCUT2D eigenvalue weighted by atomic mass is 32.2. The molecule has 1 fully saturated rings. The van der Waals surface area contributed by atoms with E-state index in [0.29, 0.717) is 31.7 Å². The first kappa shape index (κ1) is 19.3. The summed E-state index contributed by atoms with van der Waals surface area (Å²) < 4.78 is 39.8. The van der Waals surface area contributed by atoms with Crippen LogP contribution in [-0.2, 0) is 10.0 Å². The molecule has 0 amide bonds. The van der Waals surface area contributed by atoms with E-state index >= 15 is 0 Å². The molecule has 1 aromatic heterocycles. The zero-order valence-electron chi connectivity index (χ0n) is 15.9. The van der Waals surface area contributed by atoms with Crippen LogP contribution in [0.15, 0.2) is 59.8 Å². The van der Waals surface area contributed by atoms with Gasteiger partial charge in [-0.2, -0.15) is 4.31 Å². The molecule has 0 spiro atoms. The summed E-state index contributed by atoms with van der Waals surface area (Å²) in [5.41, 5.74) is 0.836. The molecular weight excluding hydrogens is 394 g/mol. The van der Waals surface area contributed by atoms with Gasteiger partial charge in [0.25, 0.3) is 0 Å². The molecule has 0 N–H and O–H groups in total. The fourth-order valence-corrected chi connectivity index (χ4v) is 4.71. The van der Waals surface area contributed by atoms with E-state index in [1.165, 1.54) is 10.6 Å². The molecule has 4 rings (SSSR count). The highest BCUT2D eigenvalue weighted by Crippen LogP contribution is 2.25. The lowest BCUT2D eigenvalue weighted by Gasteiger charge is -2.31. The summed E-state index contributed by atoms with van der Waals surface area (Å²) in [6.07, 6.45) is 2.75. The molecule has 10 heteroatoms. The summed E-state index contributed by atoms with van der Waals surface area (Å²) in [5, 5.41) is 11.1. The van der Waals surface area contributed by atoms with Crippen LogP contribution in [0.3, 0.4) is 0 Å². The van der Waals surface area contributed by atoms with Crippen LogP contribution in [-0.4, -0.2) is 59.2 Å². The second kappa shape index (κ2) is 8.18. The van der Waals surface area contributed by atoms with Crippen LogP contribution in [0.4, 0.5) is 0 Å². The van der Waals surface area contributed by atoms with Gasteiger partial charge in [-0.3, -0.25) is 0 Å². The SMILES string of the molecule is COc1ccc(S(=O)(=O)N2CCC(Oc3ccc(-n4cnnn4)cc3)CC2)cc1. The van der Waals surface area contributed by atoms with E-state index in [1.54, 1.807) is 36.1 Å². The van der Waals surface area contributed by atoms with Gasteiger partial charge in [0.15, 0.2) is 0 Å². The van der Waals surface area contributed by atoms with E-state index in [-0.39, 0.29) is 11.0 Å². The minimum absolute atomic E-state index is 0.0313. The number of piperidine rings is 1. The molecule has 0 bridgehead atoms. The average Bonchev–Trinajstić information content (AvgIpc) is 3.30. The monoisotopic (exact) mass is 415 g/mol. The molecule has 152 valence electrons. The zero-order chi connectivity index (χ0) is 20.3. The maximum Gasteiger partial charge on any atom is 0.243 e. The summed E-state index contributed by atoms with van der Waals surface area (Å²) >= 11 is 0. The summed E-state index contributed by atoms with van der Waals surface area (Å²) in [7, 11) is -1.96. The van der Waals surface area contributed by atoms with E-state index in [9.17, 15) is 8.42 Å². The van der Waals surface area contributed by atoms with E-state index in [1.807, 2.05) is 24.3 Å². The Labute approximate surface area is 168 Å². The second-order valence-electron chi connectivity index (χ2n) is 6.65. The quantitative estimate of drug-likeness (QED) is 0.606. The number of rotatable bonds is 6. The molecule has 1 aliphatic heterocycles. The van der Waals surface area contributed by atoms with E-state index < -0.39 is 10.0 Å². The van der Waals surface area contributed by atoms with Gasteiger partial charge in [0.05, 0.1) is 17.7 Å². The fourth-order valence-electron chi connectivity index (χ4n) is 3.24. The first-order chi connectivity index (χ1) is 14.1. The van der Waals surface area contributed by atoms with Crippen LogP contribution >= 0.6 is 0 Å². The van der Waals surface area contributed by atoms with Gasteiger partial charge in [0.1, 0.15) is 23.9 Å². The van der Waals surface area contributed by atoms with Gasteiger partial charge in [-0.25, -0.2) is 13.1 Å². The van der Waals surface area contributed by atoms with E-state index in [2.05, 4.69) is 15.5 Å². The molecule has 1 aliphatic rings. The maximum atomic E-state index is 12.8. The first-order valence-electron chi connectivity index (χ1n) is 9.20. The summed E-state index contributed by atoms with van der Waals surface area (Å²) in [5.74, 6) is 1.36. The number of aromatic nitrogens is 4. The molecule has 2 aromatic carbocycles. The fraction of sp³-hybridized carbons (Fsp3) is 0.316. The molecule has 0 radical (unpaired) electrons. The van der Waals surface area contributed by atoms with Crippen molar-refractivity contribution in [1.29, 1.82) is 0 Å². The third-order valence-corrected chi connectivity index (χ3v) is 6.76. The molecule has 9 nitrogen and oxygen atoms in total. The minimum Gasteiger partial charge on any atom is -0.497 e. The molecule has 0 unspecified atom stereocenters. The van der Waals surface area contributed by atoms with Gasteiger partial charge in [-0.1, -0.05) is 0 Å². The Morgan fingerprint density at radius 3 is 2.21 bits per heavy atom. The maximum absolute atomic E-state index is 12.8. The van der Waals surface area contributed by atoms with Gasteiger partial charge in [-0.05, 0) is 71.8 Å². The van der Waals surface area contributed by atoms with Crippen LogP contribution in [0.25, 0.3) is 5.69 Å². The molecular formula is C19H21N5O4S. The first-order valence-corrected chi connectivity index (χ1v) is 10.6. The molecule has 0 atom stereocenters. The van der Waals surface area contributed by atoms with E-state index in [4.69, 9.17) is 9.47 Å². The number of benzene rings is 2. The predicted molar refractivity (Wildman–Crippen MR) is 105 cm³/mol.